The lowest BCUT2D eigenvalue weighted by molar-refractivity contribution is -0.278. The fraction of sp³-hybridized carbons (Fsp3) is 1.00. The SMILES string of the molecule is CC(C)N(C)CCC(O)(O[P+](=O)O)O[P+](=O)O. The van der Waals surface area contributed by atoms with Gasteiger partial charge in [-0.1, -0.05) is 0 Å². The topological polar surface area (TPSA) is 117 Å². The van der Waals surface area contributed by atoms with Gasteiger partial charge in [0.1, 0.15) is 0 Å². The molecule has 0 saturated carbocycles. The Bertz CT molecular complexity index is 269. The summed E-state index contributed by atoms with van der Waals surface area (Å²) >= 11 is 0. The van der Waals surface area contributed by atoms with Crippen LogP contribution in [0.1, 0.15) is 20.3 Å². The number of hydrogen-bond donors (Lipinski definition) is 3. The lowest BCUT2D eigenvalue weighted by Crippen LogP contribution is -2.37. The molecule has 0 fully saturated rings. The maximum absolute atomic E-state index is 10.5. The van der Waals surface area contributed by atoms with Crippen LogP contribution in [0, 0.1) is 0 Å². The lowest BCUT2D eigenvalue weighted by atomic mass is 10.3. The van der Waals surface area contributed by atoms with E-state index in [9.17, 15) is 14.2 Å². The Morgan fingerprint density at radius 1 is 1.24 bits per heavy atom. The molecule has 0 aliphatic carbocycles. The molecule has 0 aromatic carbocycles. The zero-order valence-electron chi connectivity index (χ0n) is 9.81. The van der Waals surface area contributed by atoms with E-state index >= 15 is 0 Å². The first-order valence-corrected chi connectivity index (χ1v) is 7.05. The molecule has 17 heavy (non-hydrogen) atoms. The fourth-order valence-corrected chi connectivity index (χ4v) is 1.73. The van der Waals surface area contributed by atoms with Crippen LogP contribution < -0.4 is 0 Å². The number of rotatable bonds is 8. The second-order valence-corrected chi connectivity index (χ2v) is 5.01. The summed E-state index contributed by atoms with van der Waals surface area (Å²) in [4.78, 5) is 18.9. The normalized spacial score (nSPS) is 17.2. The Labute approximate surface area is 101 Å². The third kappa shape index (κ3) is 7.81. The van der Waals surface area contributed by atoms with Gasteiger partial charge >= 0.3 is 22.5 Å². The molecule has 0 saturated heterocycles. The van der Waals surface area contributed by atoms with Crippen molar-refractivity contribution in [2.24, 2.45) is 0 Å². The van der Waals surface area contributed by atoms with Crippen LogP contribution in [0.25, 0.3) is 0 Å². The van der Waals surface area contributed by atoms with Crippen molar-refractivity contribution in [1.29, 1.82) is 0 Å². The average molecular weight is 289 g/mol. The quantitative estimate of drug-likeness (QED) is 0.441. The van der Waals surface area contributed by atoms with Crippen molar-refractivity contribution in [2.45, 2.75) is 32.3 Å². The van der Waals surface area contributed by atoms with Crippen molar-refractivity contribution in [3.63, 3.8) is 0 Å². The minimum absolute atomic E-state index is 0.171. The average Bonchev–Trinajstić information content (AvgIpc) is 2.11. The Kier molecular flexibility index (Phi) is 7.39. The van der Waals surface area contributed by atoms with Gasteiger partial charge < -0.3 is 10.0 Å². The van der Waals surface area contributed by atoms with E-state index in [2.05, 4.69) is 9.05 Å². The fourth-order valence-electron chi connectivity index (χ4n) is 0.928. The highest BCUT2D eigenvalue weighted by Gasteiger charge is 2.47. The number of aliphatic hydroxyl groups is 1. The first-order chi connectivity index (χ1) is 7.66. The van der Waals surface area contributed by atoms with Crippen molar-refractivity contribution in [1.82, 2.24) is 4.90 Å². The van der Waals surface area contributed by atoms with Crippen LogP contribution >= 0.6 is 16.5 Å². The van der Waals surface area contributed by atoms with Crippen LogP contribution in [0.4, 0.5) is 0 Å². The summed E-state index contributed by atoms with van der Waals surface area (Å²) in [6.07, 6.45) is -0.245. The van der Waals surface area contributed by atoms with Crippen LogP contribution in [-0.2, 0) is 18.2 Å². The summed E-state index contributed by atoms with van der Waals surface area (Å²) in [5.74, 6) is -2.55. The molecule has 0 aromatic rings. The molecule has 0 radical (unpaired) electrons. The Hall–Kier alpha value is -0.0400. The first kappa shape index (κ1) is 17.0. The Balaban J connectivity index is 4.48. The standard InChI is InChI=1S/C7H15NO7P2/c1-6(2)8(3)5-4-7(9,14-16(10)11)15-17(12)13/h6,9H,4-5H2,1-3H3/p+2. The third-order valence-corrected chi connectivity index (χ3v) is 2.99. The van der Waals surface area contributed by atoms with Gasteiger partial charge in [0.2, 0.25) is 0 Å². The smallest absolute Gasteiger partial charge is 0.337 e. The zero-order chi connectivity index (χ0) is 13.6. The van der Waals surface area contributed by atoms with Crippen LogP contribution in [0.5, 0.6) is 0 Å². The summed E-state index contributed by atoms with van der Waals surface area (Å²) in [5, 5.41) is 9.62. The van der Waals surface area contributed by atoms with Gasteiger partial charge in [0.25, 0.3) is 0 Å². The molecular weight excluding hydrogens is 272 g/mol. The molecule has 0 aliphatic heterocycles. The van der Waals surface area contributed by atoms with Gasteiger partial charge in [0.05, 0.1) is 6.42 Å². The van der Waals surface area contributed by atoms with Crippen LogP contribution in [0.2, 0.25) is 0 Å². The molecule has 0 heterocycles. The molecule has 0 amide bonds. The first-order valence-electron chi connectivity index (χ1n) is 4.79. The summed E-state index contributed by atoms with van der Waals surface area (Å²) in [6.45, 7) is 4.06. The van der Waals surface area contributed by atoms with Crippen molar-refractivity contribution in [3.8, 4) is 0 Å². The molecule has 0 aliphatic rings. The molecule has 0 bridgehead atoms. The molecule has 100 valence electrons. The van der Waals surface area contributed by atoms with Gasteiger partial charge in [-0.15, -0.1) is 9.79 Å². The maximum Gasteiger partial charge on any atom is 0.700 e. The maximum atomic E-state index is 10.5. The van der Waals surface area contributed by atoms with E-state index in [1.54, 1.807) is 11.9 Å². The van der Waals surface area contributed by atoms with E-state index in [0.29, 0.717) is 0 Å². The van der Waals surface area contributed by atoms with Crippen molar-refractivity contribution < 1.29 is 33.1 Å². The van der Waals surface area contributed by atoms with Crippen LogP contribution in [0.3, 0.4) is 0 Å². The van der Waals surface area contributed by atoms with Crippen LogP contribution in [-0.4, -0.2) is 45.4 Å². The molecule has 3 N–H and O–H groups in total. The molecule has 8 nitrogen and oxygen atoms in total. The predicted octanol–water partition coefficient (Wildman–Crippen LogP) is 0.695. The van der Waals surface area contributed by atoms with E-state index in [-0.39, 0.29) is 19.0 Å². The highest BCUT2D eigenvalue weighted by atomic mass is 31.1. The Morgan fingerprint density at radius 3 is 1.94 bits per heavy atom. The highest BCUT2D eigenvalue weighted by Crippen LogP contribution is 2.34. The van der Waals surface area contributed by atoms with E-state index in [1.807, 2.05) is 13.8 Å². The van der Waals surface area contributed by atoms with Gasteiger partial charge in [0, 0.05) is 21.7 Å². The molecular formula is C7H17NO7P2+2. The molecule has 10 heteroatoms. The zero-order valence-corrected chi connectivity index (χ0v) is 11.6. The minimum Gasteiger partial charge on any atom is -0.337 e. The molecule has 0 aromatic heterocycles. The second kappa shape index (κ2) is 7.41. The molecule has 0 rings (SSSR count). The minimum atomic E-state index is -3.15. The van der Waals surface area contributed by atoms with Crippen molar-refractivity contribution >= 4 is 16.5 Å². The Morgan fingerprint density at radius 2 is 1.65 bits per heavy atom. The van der Waals surface area contributed by atoms with E-state index < -0.39 is 22.5 Å². The monoisotopic (exact) mass is 289 g/mol. The summed E-state index contributed by atoms with van der Waals surface area (Å²) in [6, 6.07) is 0.171. The van der Waals surface area contributed by atoms with Gasteiger partial charge in [0.15, 0.2) is 0 Å². The largest absolute Gasteiger partial charge is 0.700 e. The third-order valence-electron chi connectivity index (χ3n) is 2.10. The molecule has 0 spiro atoms. The predicted molar refractivity (Wildman–Crippen MR) is 59.2 cm³/mol. The number of hydrogen-bond acceptors (Lipinski definition) is 6. The van der Waals surface area contributed by atoms with E-state index in [1.165, 1.54) is 0 Å². The van der Waals surface area contributed by atoms with Gasteiger partial charge in [-0.2, -0.15) is 0 Å². The summed E-state index contributed by atoms with van der Waals surface area (Å²) < 4.78 is 29.4. The van der Waals surface area contributed by atoms with Crippen molar-refractivity contribution in [3.05, 3.63) is 0 Å². The van der Waals surface area contributed by atoms with Crippen LogP contribution in [0.15, 0.2) is 0 Å². The summed E-state index contributed by atoms with van der Waals surface area (Å²) in [5.41, 5.74) is 0. The van der Waals surface area contributed by atoms with Gasteiger partial charge in [-0.05, 0) is 29.9 Å². The summed E-state index contributed by atoms with van der Waals surface area (Å²) in [7, 11) is -4.54. The van der Waals surface area contributed by atoms with E-state index in [4.69, 9.17) is 9.79 Å². The molecule has 2 unspecified atom stereocenters. The van der Waals surface area contributed by atoms with Gasteiger partial charge in [-0.25, -0.2) is 0 Å². The lowest BCUT2D eigenvalue weighted by Gasteiger charge is -2.23. The van der Waals surface area contributed by atoms with Crippen molar-refractivity contribution in [2.75, 3.05) is 13.6 Å². The second-order valence-electron chi connectivity index (χ2n) is 3.70. The molecule has 2 atom stereocenters. The van der Waals surface area contributed by atoms with E-state index in [0.717, 1.165) is 0 Å². The van der Waals surface area contributed by atoms with Gasteiger partial charge in [-0.3, -0.25) is 0 Å². The highest BCUT2D eigenvalue weighted by molar-refractivity contribution is 7.33. The number of nitrogens with zero attached hydrogens (tertiary/aromatic N) is 1.